The van der Waals surface area contributed by atoms with Crippen LogP contribution in [0.2, 0.25) is 0 Å². The van der Waals surface area contributed by atoms with E-state index in [9.17, 15) is 13.6 Å². The van der Waals surface area contributed by atoms with Crippen molar-refractivity contribution in [3.05, 3.63) is 46.3 Å². The Hall–Kier alpha value is -2.52. The quantitative estimate of drug-likeness (QED) is 0.499. The first-order valence-corrected chi connectivity index (χ1v) is 12.6. The smallest absolute Gasteiger partial charge is 0.263 e. The molecule has 2 aliphatic rings. The normalized spacial score (nSPS) is 16.3. The number of aliphatic hydroxyl groups is 1. The molecule has 3 rings (SSSR count). The lowest BCUT2D eigenvalue weighted by Gasteiger charge is -2.31. The minimum absolute atomic E-state index is 0.00203. The van der Waals surface area contributed by atoms with Crippen molar-refractivity contribution in [3.63, 3.8) is 0 Å². The van der Waals surface area contributed by atoms with E-state index in [4.69, 9.17) is 14.9 Å². The van der Waals surface area contributed by atoms with Crippen molar-refractivity contribution in [2.24, 2.45) is 0 Å². The number of aliphatic hydroxyl groups excluding tert-OH is 1. The number of aromatic nitrogens is 2. The molecule has 202 valence electrons. The fourth-order valence-corrected chi connectivity index (χ4v) is 4.71. The zero-order valence-electron chi connectivity index (χ0n) is 22.6. The van der Waals surface area contributed by atoms with Crippen molar-refractivity contribution in [1.82, 2.24) is 14.7 Å². The number of alkyl halides is 2. The second-order valence-electron chi connectivity index (χ2n) is 9.45. The van der Waals surface area contributed by atoms with Gasteiger partial charge in [0.15, 0.2) is 5.82 Å². The van der Waals surface area contributed by atoms with Gasteiger partial charge in [0.05, 0.1) is 12.6 Å². The molecule has 7 nitrogen and oxygen atoms in total. The molecule has 1 aromatic rings. The predicted molar refractivity (Wildman–Crippen MR) is 139 cm³/mol. The fraction of sp³-hybridized carbons (Fsp3) is 0.630. The first-order chi connectivity index (χ1) is 17.1. The third kappa shape index (κ3) is 6.82. The summed E-state index contributed by atoms with van der Waals surface area (Å²) in [5.74, 6) is 0.767. The van der Waals surface area contributed by atoms with E-state index < -0.39 is 6.43 Å². The van der Waals surface area contributed by atoms with Crippen LogP contribution >= 0.6 is 0 Å². The third-order valence-corrected chi connectivity index (χ3v) is 6.58. The Morgan fingerprint density at radius 3 is 2.39 bits per heavy atom. The Kier molecular flexibility index (Phi) is 11.3. The molecule has 0 unspecified atom stereocenters. The molecule has 0 spiro atoms. The van der Waals surface area contributed by atoms with Gasteiger partial charge in [-0.2, -0.15) is 5.10 Å². The standard InChI is InChI=1S/C26H38F2N4O2.CH4O/c1-7-11-31(24(18(4)5)15-21(17(2)3)25(27)28)26-22-16-30(19(6)33)12-8-23(22)32(29-26)20-9-13-34-14-10-20;1-2/h15,20,25H,4,7-14,16H2,1-3,5-6H3;2H,1H3/b24-15+;. The van der Waals surface area contributed by atoms with E-state index in [1.54, 1.807) is 26.8 Å². The van der Waals surface area contributed by atoms with E-state index in [0.717, 1.165) is 49.9 Å². The predicted octanol–water partition coefficient (Wildman–Crippen LogP) is 5.03. The number of carbonyl (C=O) groups excluding carboxylic acids is 1. The van der Waals surface area contributed by atoms with Crippen molar-refractivity contribution in [2.75, 3.05) is 38.3 Å². The van der Waals surface area contributed by atoms with Crippen LogP contribution in [0.25, 0.3) is 0 Å². The van der Waals surface area contributed by atoms with E-state index in [2.05, 4.69) is 18.2 Å². The number of carbonyl (C=O) groups is 1. The number of hydrogen-bond acceptors (Lipinski definition) is 5. The van der Waals surface area contributed by atoms with Crippen molar-refractivity contribution < 1.29 is 23.4 Å². The van der Waals surface area contributed by atoms with Gasteiger partial charge in [0, 0.05) is 69.3 Å². The number of rotatable bonds is 8. The molecule has 2 aliphatic heterocycles. The minimum atomic E-state index is -2.58. The highest BCUT2D eigenvalue weighted by molar-refractivity contribution is 5.74. The van der Waals surface area contributed by atoms with Gasteiger partial charge in [-0.1, -0.05) is 19.1 Å². The summed E-state index contributed by atoms with van der Waals surface area (Å²) in [6, 6.07) is 0.232. The molecule has 0 aliphatic carbocycles. The Morgan fingerprint density at radius 1 is 1.25 bits per heavy atom. The summed E-state index contributed by atoms with van der Waals surface area (Å²) in [4.78, 5) is 16.1. The molecular weight excluding hydrogens is 466 g/mol. The highest BCUT2D eigenvalue weighted by Gasteiger charge is 2.32. The molecule has 0 bridgehead atoms. The number of halogens is 2. The fourth-order valence-electron chi connectivity index (χ4n) is 4.71. The molecule has 1 N–H and O–H groups in total. The van der Waals surface area contributed by atoms with Gasteiger partial charge in [0.1, 0.15) is 0 Å². The van der Waals surface area contributed by atoms with Crippen molar-refractivity contribution in [3.8, 4) is 0 Å². The number of anilines is 1. The second-order valence-corrected chi connectivity index (χ2v) is 9.45. The van der Waals surface area contributed by atoms with Crippen LogP contribution in [0.4, 0.5) is 14.6 Å². The minimum Gasteiger partial charge on any atom is -0.400 e. The number of ether oxygens (including phenoxy) is 1. The van der Waals surface area contributed by atoms with Crippen LogP contribution in [0.15, 0.2) is 35.1 Å². The summed E-state index contributed by atoms with van der Waals surface area (Å²) in [5.41, 5.74) is 4.05. The molecule has 1 aromatic heterocycles. The van der Waals surface area contributed by atoms with Crippen molar-refractivity contribution in [1.29, 1.82) is 0 Å². The van der Waals surface area contributed by atoms with E-state index in [1.807, 2.05) is 16.7 Å². The van der Waals surface area contributed by atoms with Gasteiger partial charge in [-0.3, -0.25) is 9.48 Å². The molecule has 36 heavy (non-hydrogen) atoms. The lowest BCUT2D eigenvalue weighted by Crippen LogP contribution is -2.36. The highest BCUT2D eigenvalue weighted by Crippen LogP contribution is 2.36. The van der Waals surface area contributed by atoms with Crippen LogP contribution in [0.1, 0.15) is 71.2 Å². The first kappa shape index (κ1) is 29.7. The maximum Gasteiger partial charge on any atom is 0.263 e. The Bertz CT molecular complexity index is 974. The van der Waals surface area contributed by atoms with Crippen LogP contribution in [-0.2, 0) is 22.5 Å². The number of amides is 1. The van der Waals surface area contributed by atoms with Crippen molar-refractivity contribution >= 4 is 11.7 Å². The molecule has 0 aromatic carbocycles. The maximum atomic E-state index is 13.9. The van der Waals surface area contributed by atoms with E-state index in [0.29, 0.717) is 49.7 Å². The molecule has 0 atom stereocenters. The number of allylic oxidation sites excluding steroid dienone is 4. The number of nitrogens with zero attached hydrogens (tertiary/aromatic N) is 4. The molecule has 1 fully saturated rings. The summed E-state index contributed by atoms with van der Waals surface area (Å²) in [6.45, 7) is 16.1. The van der Waals surface area contributed by atoms with Crippen LogP contribution in [0.5, 0.6) is 0 Å². The van der Waals surface area contributed by atoms with Gasteiger partial charge in [0.25, 0.3) is 6.43 Å². The maximum absolute atomic E-state index is 13.9. The van der Waals surface area contributed by atoms with E-state index in [-0.39, 0.29) is 17.5 Å². The summed E-state index contributed by atoms with van der Waals surface area (Å²) in [7, 11) is 1.00. The molecule has 3 heterocycles. The lowest BCUT2D eigenvalue weighted by atomic mass is 10.0. The van der Waals surface area contributed by atoms with Crippen molar-refractivity contribution in [2.45, 2.75) is 79.3 Å². The lowest BCUT2D eigenvalue weighted by molar-refractivity contribution is -0.129. The molecule has 1 saturated heterocycles. The SMILES string of the molecule is C=C(C)/C(=C\C(=C(C)C)C(F)F)N(CCC)c1nn(C2CCOCC2)c2c1CN(C(C)=O)CC2.CO. The Labute approximate surface area is 214 Å². The molecule has 1 amide bonds. The summed E-state index contributed by atoms with van der Waals surface area (Å²) in [5, 5.41) is 12.1. The monoisotopic (exact) mass is 508 g/mol. The van der Waals surface area contributed by atoms with Gasteiger partial charge < -0.3 is 19.6 Å². The van der Waals surface area contributed by atoms with E-state index in [1.165, 1.54) is 0 Å². The van der Waals surface area contributed by atoms with Gasteiger partial charge in [0.2, 0.25) is 5.91 Å². The number of hydrogen-bond donors (Lipinski definition) is 1. The summed E-state index contributed by atoms with van der Waals surface area (Å²) < 4.78 is 35.4. The van der Waals surface area contributed by atoms with Crippen LogP contribution in [-0.4, -0.2) is 65.5 Å². The summed E-state index contributed by atoms with van der Waals surface area (Å²) >= 11 is 0. The molecule has 0 radical (unpaired) electrons. The highest BCUT2D eigenvalue weighted by atomic mass is 19.3. The second kappa shape index (κ2) is 13.7. The topological polar surface area (TPSA) is 70.8 Å². The largest absolute Gasteiger partial charge is 0.400 e. The zero-order valence-corrected chi connectivity index (χ0v) is 22.6. The van der Waals surface area contributed by atoms with Gasteiger partial charge >= 0.3 is 0 Å². The molecular formula is C27H42F2N4O3. The van der Waals surface area contributed by atoms with Gasteiger partial charge in [-0.15, -0.1) is 0 Å². The van der Waals surface area contributed by atoms with Crippen LogP contribution in [0.3, 0.4) is 0 Å². The van der Waals surface area contributed by atoms with E-state index >= 15 is 0 Å². The number of fused-ring (bicyclic) bond motifs is 1. The third-order valence-electron chi connectivity index (χ3n) is 6.58. The average Bonchev–Trinajstić information content (AvgIpc) is 3.23. The molecule has 9 heteroatoms. The zero-order chi connectivity index (χ0) is 27.0. The average molecular weight is 509 g/mol. The van der Waals surface area contributed by atoms with Crippen LogP contribution < -0.4 is 4.90 Å². The first-order valence-electron chi connectivity index (χ1n) is 12.6. The molecule has 0 saturated carbocycles. The van der Waals surface area contributed by atoms with Gasteiger partial charge in [-0.05, 0) is 51.7 Å². The summed E-state index contributed by atoms with van der Waals surface area (Å²) in [6.07, 6.45) is 2.27. The van der Waals surface area contributed by atoms with Crippen LogP contribution in [0, 0.1) is 0 Å². The van der Waals surface area contributed by atoms with Gasteiger partial charge in [-0.25, -0.2) is 8.78 Å². The Balaban J connectivity index is 0.00000222. The Morgan fingerprint density at radius 2 is 1.89 bits per heavy atom.